The number of nitrogens with one attached hydrogen (secondary N) is 3. The van der Waals surface area contributed by atoms with E-state index < -0.39 is 18.3 Å². The highest BCUT2D eigenvalue weighted by atomic mass is 79.9. The number of hydrogen-bond acceptors (Lipinski definition) is 3. The summed E-state index contributed by atoms with van der Waals surface area (Å²) in [6, 6.07) is 12.7. The number of amides is 2. The molecule has 8 heteroatoms. The second-order valence-electron chi connectivity index (χ2n) is 7.12. The molecule has 31 heavy (non-hydrogen) atoms. The summed E-state index contributed by atoms with van der Waals surface area (Å²) in [5.74, 6) is -0.542. The van der Waals surface area contributed by atoms with Crippen molar-refractivity contribution in [2.24, 2.45) is 0 Å². The number of aromatic amines is 1. The first kappa shape index (κ1) is 17.3. The van der Waals surface area contributed by atoms with Crippen LogP contribution >= 0.6 is 15.9 Å². The fourth-order valence-electron chi connectivity index (χ4n) is 3.73. The van der Waals surface area contributed by atoms with Crippen LogP contribution < -0.4 is 15.5 Å². The summed E-state index contributed by atoms with van der Waals surface area (Å²) < 4.78 is 32.4. The molecule has 3 N–H and O–H groups in total. The van der Waals surface area contributed by atoms with Crippen LogP contribution in [0.4, 0.5) is 26.2 Å². The first-order valence-corrected chi connectivity index (χ1v) is 10.5. The van der Waals surface area contributed by atoms with Gasteiger partial charge in [-0.25, -0.2) is 14.2 Å². The molecule has 1 aliphatic heterocycles. The Hall–Kier alpha value is -3.39. The van der Waals surface area contributed by atoms with Crippen LogP contribution in [0.1, 0.15) is 13.9 Å². The molecule has 5 rings (SSSR count). The summed E-state index contributed by atoms with van der Waals surface area (Å²) in [4.78, 5) is 21.5. The standard InChI is InChI=1S/C23H19BrFN5O/c24-15-6-7-18(25)20(11-15)29-23(31)28-19-4-1-5-21-17(19)8-10-30(21)13-14-12-27-22-16(14)3-2-9-26-22/h1-7,9,11-12H,8,10,13H2,(H,26,27)(H2,28,29,31)/i13D2. The Kier molecular flexibility index (Phi) is 4.49. The number of rotatable bonds is 4. The van der Waals surface area contributed by atoms with E-state index >= 15 is 0 Å². The molecule has 0 spiro atoms. The Morgan fingerprint density at radius 1 is 1.23 bits per heavy atom. The summed E-state index contributed by atoms with van der Waals surface area (Å²) in [6.45, 7) is -1.36. The van der Waals surface area contributed by atoms with Gasteiger partial charge in [0.25, 0.3) is 0 Å². The van der Waals surface area contributed by atoms with Gasteiger partial charge in [-0.2, -0.15) is 0 Å². The molecule has 156 valence electrons. The van der Waals surface area contributed by atoms with Crippen LogP contribution in [0.5, 0.6) is 0 Å². The number of carbonyl (C=O) groups excluding carboxylic acids is 1. The number of carbonyl (C=O) groups is 1. The van der Waals surface area contributed by atoms with Crippen molar-refractivity contribution in [1.82, 2.24) is 9.97 Å². The molecular weight excluding hydrogens is 461 g/mol. The number of halogens is 2. The number of benzene rings is 2. The summed E-state index contributed by atoms with van der Waals surface area (Å²) in [5, 5.41) is 6.02. The third kappa shape index (κ3) is 3.86. The molecule has 2 amide bonds. The van der Waals surface area contributed by atoms with Crippen LogP contribution in [-0.4, -0.2) is 22.5 Å². The highest BCUT2D eigenvalue weighted by molar-refractivity contribution is 9.10. The lowest BCUT2D eigenvalue weighted by molar-refractivity contribution is 0.262. The molecule has 0 unspecified atom stereocenters. The minimum Gasteiger partial charge on any atom is -0.367 e. The van der Waals surface area contributed by atoms with Gasteiger partial charge in [0.05, 0.1) is 8.43 Å². The van der Waals surface area contributed by atoms with Gasteiger partial charge in [0, 0.05) is 52.2 Å². The molecule has 2 aromatic heterocycles. The third-order valence-corrected chi connectivity index (χ3v) is 5.65. The van der Waals surface area contributed by atoms with Crippen LogP contribution in [0.3, 0.4) is 0 Å². The molecule has 6 nitrogen and oxygen atoms in total. The van der Waals surface area contributed by atoms with E-state index in [4.69, 9.17) is 2.74 Å². The van der Waals surface area contributed by atoms with E-state index in [0.717, 1.165) is 10.9 Å². The maximum absolute atomic E-state index is 14.0. The van der Waals surface area contributed by atoms with Crippen LogP contribution in [0.25, 0.3) is 11.0 Å². The van der Waals surface area contributed by atoms with Gasteiger partial charge in [0.15, 0.2) is 0 Å². The molecule has 0 saturated carbocycles. The number of H-pyrrole nitrogens is 1. The fraction of sp³-hybridized carbons (Fsp3) is 0.130. The van der Waals surface area contributed by atoms with Gasteiger partial charge in [0.1, 0.15) is 11.5 Å². The molecule has 1 aliphatic rings. The van der Waals surface area contributed by atoms with Gasteiger partial charge < -0.3 is 20.5 Å². The first-order valence-electron chi connectivity index (χ1n) is 10.7. The number of aromatic nitrogens is 2. The average Bonchev–Trinajstić information content (AvgIpc) is 3.42. The second-order valence-corrected chi connectivity index (χ2v) is 8.04. The monoisotopic (exact) mass is 481 g/mol. The minimum atomic E-state index is -1.80. The lowest BCUT2D eigenvalue weighted by Crippen LogP contribution is -2.21. The Morgan fingerprint density at radius 2 is 2.10 bits per heavy atom. The predicted octanol–water partition coefficient (Wildman–Crippen LogP) is 5.67. The van der Waals surface area contributed by atoms with E-state index in [-0.39, 0.29) is 5.69 Å². The lowest BCUT2D eigenvalue weighted by Gasteiger charge is -2.19. The topological polar surface area (TPSA) is 73.0 Å². The van der Waals surface area contributed by atoms with Crippen molar-refractivity contribution in [3.63, 3.8) is 0 Å². The minimum absolute atomic E-state index is 0.0559. The highest BCUT2D eigenvalue weighted by Gasteiger charge is 2.23. The summed E-state index contributed by atoms with van der Waals surface area (Å²) in [7, 11) is 0. The van der Waals surface area contributed by atoms with E-state index in [2.05, 4.69) is 36.5 Å². The van der Waals surface area contributed by atoms with Gasteiger partial charge in [-0.3, -0.25) is 0 Å². The van der Waals surface area contributed by atoms with Crippen molar-refractivity contribution < 1.29 is 11.9 Å². The van der Waals surface area contributed by atoms with Crippen molar-refractivity contribution in [1.29, 1.82) is 0 Å². The zero-order chi connectivity index (χ0) is 23.2. The summed E-state index contributed by atoms with van der Waals surface area (Å²) >= 11 is 3.26. The Morgan fingerprint density at radius 3 is 3.00 bits per heavy atom. The van der Waals surface area contributed by atoms with Crippen molar-refractivity contribution in [3.8, 4) is 0 Å². The molecular formula is C23H19BrFN5O. The maximum atomic E-state index is 14.0. The molecule has 0 radical (unpaired) electrons. The van der Waals surface area contributed by atoms with E-state index in [9.17, 15) is 9.18 Å². The first-order chi connectivity index (χ1) is 15.8. The van der Waals surface area contributed by atoms with Crippen LogP contribution in [0.2, 0.25) is 0 Å². The average molecular weight is 482 g/mol. The number of hydrogen-bond donors (Lipinski definition) is 3. The Labute approximate surface area is 189 Å². The van der Waals surface area contributed by atoms with E-state index in [1.807, 2.05) is 12.1 Å². The number of fused-ring (bicyclic) bond motifs is 2. The zero-order valence-corrected chi connectivity index (χ0v) is 17.8. The maximum Gasteiger partial charge on any atom is 0.323 e. The second kappa shape index (κ2) is 8.03. The van der Waals surface area contributed by atoms with Gasteiger partial charge >= 0.3 is 6.03 Å². The van der Waals surface area contributed by atoms with Crippen molar-refractivity contribution >= 4 is 50.1 Å². The van der Waals surface area contributed by atoms with E-state index in [1.54, 1.807) is 41.6 Å². The van der Waals surface area contributed by atoms with Gasteiger partial charge in [-0.15, -0.1) is 0 Å². The normalized spacial score (nSPS) is 14.2. The Bertz CT molecular complexity index is 1380. The van der Waals surface area contributed by atoms with Gasteiger partial charge in [0.2, 0.25) is 0 Å². The van der Waals surface area contributed by atoms with E-state index in [0.29, 0.717) is 40.0 Å². The zero-order valence-electron chi connectivity index (χ0n) is 18.2. The fourth-order valence-corrected chi connectivity index (χ4v) is 4.09. The lowest BCUT2D eigenvalue weighted by atomic mass is 10.1. The molecule has 4 aromatic rings. The van der Waals surface area contributed by atoms with E-state index in [1.165, 1.54) is 12.1 Å². The molecule has 0 atom stereocenters. The highest BCUT2D eigenvalue weighted by Crippen LogP contribution is 2.35. The summed E-state index contributed by atoms with van der Waals surface area (Å²) in [5.41, 5.74) is 3.26. The number of pyridine rings is 1. The third-order valence-electron chi connectivity index (χ3n) is 5.16. The van der Waals surface area contributed by atoms with Gasteiger partial charge in [-0.1, -0.05) is 22.0 Å². The van der Waals surface area contributed by atoms with Crippen LogP contribution in [-0.2, 0) is 12.9 Å². The Balaban J connectivity index is 1.42. The number of nitrogens with zero attached hydrogens (tertiary/aromatic N) is 2. The smallest absolute Gasteiger partial charge is 0.323 e. The van der Waals surface area contributed by atoms with Crippen molar-refractivity contribution in [2.75, 3.05) is 22.1 Å². The quantitative estimate of drug-likeness (QED) is 0.351. The molecule has 2 aromatic carbocycles. The predicted molar refractivity (Wildman–Crippen MR) is 124 cm³/mol. The molecule has 0 fully saturated rings. The van der Waals surface area contributed by atoms with Crippen molar-refractivity contribution in [2.45, 2.75) is 12.9 Å². The van der Waals surface area contributed by atoms with Crippen LogP contribution in [0, 0.1) is 5.82 Å². The molecule has 0 bridgehead atoms. The number of anilines is 3. The van der Waals surface area contributed by atoms with Crippen LogP contribution in [0.15, 0.2) is 65.4 Å². The van der Waals surface area contributed by atoms with Crippen molar-refractivity contribution in [3.05, 3.63) is 82.3 Å². The van der Waals surface area contributed by atoms with Gasteiger partial charge in [-0.05, 0) is 54.4 Å². The summed E-state index contributed by atoms with van der Waals surface area (Å²) in [6.07, 6.45) is 3.86. The SMILES string of the molecule is [2H]C([2H])(c1c[nH]c2ncccc12)N1CCc2c(NC(=O)Nc3cc(Br)ccc3F)cccc21. The number of urea groups is 1. The largest absolute Gasteiger partial charge is 0.367 e. The molecule has 3 heterocycles. The molecule has 0 saturated heterocycles. The molecule has 0 aliphatic carbocycles.